The van der Waals surface area contributed by atoms with Crippen LogP contribution in [0.2, 0.25) is 0 Å². The van der Waals surface area contributed by atoms with Crippen molar-refractivity contribution in [3.8, 4) is 17.2 Å². The maximum atomic E-state index is 11.8. The molecule has 1 aromatic carbocycles. The fourth-order valence-electron chi connectivity index (χ4n) is 2.05. The minimum Gasteiger partial charge on any atom is -0.454 e. The first-order valence-electron chi connectivity index (χ1n) is 6.88. The topological polar surface area (TPSA) is 82.8 Å². The van der Waals surface area contributed by atoms with Crippen molar-refractivity contribution in [2.75, 3.05) is 12.5 Å². The second-order valence-corrected chi connectivity index (χ2v) is 5.89. The van der Waals surface area contributed by atoms with Crippen LogP contribution in [0.4, 0.5) is 9.80 Å². The standard InChI is InChI=1S/C15H16N2O4S/c1-2-10-6-13(14(16)22-10)21-15(18)17-7-9-3-4-11-12(5-9)20-8-19-11/h3-6H,2,7-8,16H2,1H3,(H,17,18). The number of carbonyl (C=O) groups is 1. The van der Waals surface area contributed by atoms with Crippen LogP contribution in [0.15, 0.2) is 24.3 Å². The Balaban J connectivity index is 1.57. The molecule has 1 aliphatic heterocycles. The summed E-state index contributed by atoms with van der Waals surface area (Å²) in [6, 6.07) is 7.30. The molecule has 0 spiro atoms. The molecule has 0 saturated heterocycles. The first-order valence-corrected chi connectivity index (χ1v) is 7.69. The summed E-state index contributed by atoms with van der Waals surface area (Å²) in [4.78, 5) is 12.9. The van der Waals surface area contributed by atoms with Gasteiger partial charge in [0.1, 0.15) is 5.00 Å². The Morgan fingerprint density at radius 3 is 2.95 bits per heavy atom. The second kappa shape index (κ2) is 6.15. The predicted octanol–water partition coefficient (Wildman–Crippen LogP) is 2.91. The number of ether oxygens (including phenoxy) is 3. The summed E-state index contributed by atoms with van der Waals surface area (Å²) < 4.78 is 15.7. The van der Waals surface area contributed by atoms with E-state index in [0.717, 1.165) is 16.9 Å². The van der Waals surface area contributed by atoms with Gasteiger partial charge in [-0.2, -0.15) is 0 Å². The van der Waals surface area contributed by atoms with Gasteiger partial charge in [-0.1, -0.05) is 13.0 Å². The van der Waals surface area contributed by atoms with Crippen LogP contribution in [0, 0.1) is 0 Å². The zero-order valence-electron chi connectivity index (χ0n) is 12.0. The Bertz CT molecular complexity index is 699. The number of nitrogen functional groups attached to an aromatic ring is 1. The lowest BCUT2D eigenvalue weighted by atomic mass is 10.2. The van der Waals surface area contributed by atoms with E-state index in [1.54, 1.807) is 6.07 Å². The largest absolute Gasteiger partial charge is 0.454 e. The van der Waals surface area contributed by atoms with Crippen LogP contribution in [0.3, 0.4) is 0 Å². The lowest BCUT2D eigenvalue weighted by Gasteiger charge is -2.06. The molecular weight excluding hydrogens is 304 g/mol. The quantitative estimate of drug-likeness (QED) is 0.905. The van der Waals surface area contributed by atoms with Gasteiger partial charge in [0.25, 0.3) is 0 Å². The molecule has 0 aliphatic carbocycles. The number of rotatable bonds is 4. The Morgan fingerprint density at radius 2 is 2.18 bits per heavy atom. The van der Waals surface area contributed by atoms with E-state index in [4.69, 9.17) is 19.9 Å². The number of benzene rings is 1. The van der Waals surface area contributed by atoms with Crippen LogP contribution < -0.4 is 25.3 Å². The SMILES string of the molecule is CCc1cc(OC(=O)NCc2ccc3c(c2)OCO3)c(N)s1. The molecule has 0 atom stereocenters. The van der Waals surface area contributed by atoms with Crippen LogP contribution >= 0.6 is 11.3 Å². The van der Waals surface area contributed by atoms with E-state index in [-0.39, 0.29) is 6.79 Å². The third kappa shape index (κ3) is 3.09. The summed E-state index contributed by atoms with van der Waals surface area (Å²) >= 11 is 1.43. The molecule has 0 radical (unpaired) electrons. The fourth-order valence-corrected chi connectivity index (χ4v) is 2.85. The van der Waals surface area contributed by atoms with E-state index >= 15 is 0 Å². The number of hydrogen-bond acceptors (Lipinski definition) is 6. The van der Waals surface area contributed by atoms with Crippen molar-refractivity contribution >= 4 is 22.4 Å². The molecule has 1 aromatic heterocycles. The maximum Gasteiger partial charge on any atom is 0.412 e. The molecule has 1 aliphatic rings. The molecule has 0 unspecified atom stereocenters. The van der Waals surface area contributed by atoms with Gasteiger partial charge < -0.3 is 25.3 Å². The minimum atomic E-state index is -0.537. The van der Waals surface area contributed by atoms with E-state index < -0.39 is 6.09 Å². The smallest absolute Gasteiger partial charge is 0.412 e. The van der Waals surface area contributed by atoms with Gasteiger partial charge in [-0.15, -0.1) is 11.3 Å². The number of nitrogens with one attached hydrogen (secondary N) is 1. The summed E-state index contributed by atoms with van der Waals surface area (Å²) in [7, 11) is 0. The van der Waals surface area contributed by atoms with Crippen molar-refractivity contribution < 1.29 is 19.0 Å². The Labute approximate surface area is 131 Å². The number of hydrogen-bond donors (Lipinski definition) is 2. The molecular formula is C15H16N2O4S. The Morgan fingerprint density at radius 1 is 1.36 bits per heavy atom. The molecule has 3 N–H and O–H groups in total. The van der Waals surface area contributed by atoms with Gasteiger partial charge >= 0.3 is 6.09 Å². The molecule has 2 heterocycles. The van der Waals surface area contributed by atoms with Crippen molar-refractivity contribution in [1.29, 1.82) is 0 Å². The summed E-state index contributed by atoms with van der Waals surface area (Å²) in [6.07, 6.45) is 0.321. The number of amides is 1. The normalized spacial score (nSPS) is 12.2. The highest BCUT2D eigenvalue weighted by atomic mass is 32.1. The third-order valence-electron chi connectivity index (χ3n) is 3.20. The Hall–Kier alpha value is -2.41. The average molecular weight is 320 g/mol. The van der Waals surface area contributed by atoms with E-state index in [9.17, 15) is 4.79 Å². The average Bonchev–Trinajstić information content (AvgIpc) is 3.11. The molecule has 6 nitrogen and oxygen atoms in total. The van der Waals surface area contributed by atoms with Crippen LogP contribution in [0.5, 0.6) is 17.2 Å². The van der Waals surface area contributed by atoms with Crippen LogP contribution in [0.1, 0.15) is 17.4 Å². The summed E-state index contributed by atoms with van der Waals surface area (Å²) in [6.45, 7) is 2.58. The first kappa shape index (κ1) is 14.5. The molecule has 0 saturated carbocycles. The number of thiophene rings is 1. The first-order chi connectivity index (χ1) is 10.7. The lowest BCUT2D eigenvalue weighted by Crippen LogP contribution is -2.26. The van der Waals surface area contributed by atoms with E-state index in [2.05, 4.69) is 5.32 Å². The molecule has 3 rings (SSSR count). The lowest BCUT2D eigenvalue weighted by molar-refractivity contribution is 0.174. The molecule has 1 amide bonds. The van der Waals surface area contributed by atoms with Gasteiger partial charge in [0.05, 0.1) is 0 Å². The summed E-state index contributed by atoms with van der Waals surface area (Å²) in [5.74, 6) is 1.80. The highest BCUT2D eigenvalue weighted by molar-refractivity contribution is 7.16. The predicted molar refractivity (Wildman–Crippen MR) is 83.5 cm³/mol. The minimum absolute atomic E-state index is 0.228. The number of anilines is 1. The molecule has 116 valence electrons. The maximum absolute atomic E-state index is 11.8. The van der Waals surface area contributed by atoms with Gasteiger partial charge in [-0.05, 0) is 30.2 Å². The second-order valence-electron chi connectivity index (χ2n) is 4.73. The van der Waals surface area contributed by atoms with Crippen molar-refractivity contribution in [2.45, 2.75) is 19.9 Å². The highest BCUT2D eigenvalue weighted by Gasteiger charge is 2.14. The zero-order valence-corrected chi connectivity index (χ0v) is 12.9. The Kier molecular flexibility index (Phi) is 4.06. The van der Waals surface area contributed by atoms with Crippen molar-refractivity contribution in [3.05, 3.63) is 34.7 Å². The van der Waals surface area contributed by atoms with Crippen molar-refractivity contribution in [3.63, 3.8) is 0 Å². The van der Waals surface area contributed by atoms with Gasteiger partial charge in [0, 0.05) is 11.4 Å². The molecule has 7 heteroatoms. The van der Waals surface area contributed by atoms with Crippen molar-refractivity contribution in [1.82, 2.24) is 5.32 Å². The number of aryl methyl sites for hydroxylation is 1. The van der Waals surface area contributed by atoms with Crippen LogP contribution in [-0.2, 0) is 13.0 Å². The van der Waals surface area contributed by atoms with E-state index in [0.29, 0.717) is 28.8 Å². The van der Waals surface area contributed by atoms with Crippen LogP contribution in [-0.4, -0.2) is 12.9 Å². The molecule has 0 bridgehead atoms. The third-order valence-corrected chi connectivity index (χ3v) is 4.29. The highest BCUT2D eigenvalue weighted by Crippen LogP contribution is 2.33. The van der Waals surface area contributed by atoms with E-state index in [1.165, 1.54) is 11.3 Å². The van der Waals surface area contributed by atoms with Gasteiger partial charge in [-0.25, -0.2) is 4.79 Å². The number of fused-ring (bicyclic) bond motifs is 1. The fraction of sp³-hybridized carbons (Fsp3) is 0.267. The van der Waals surface area contributed by atoms with E-state index in [1.807, 2.05) is 25.1 Å². The van der Waals surface area contributed by atoms with Gasteiger partial charge in [-0.3, -0.25) is 0 Å². The van der Waals surface area contributed by atoms with Gasteiger partial charge in [0.15, 0.2) is 17.2 Å². The summed E-state index contributed by atoms with van der Waals surface area (Å²) in [5, 5.41) is 3.19. The monoisotopic (exact) mass is 320 g/mol. The molecule has 0 fully saturated rings. The van der Waals surface area contributed by atoms with Crippen molar-refractivity contribution in [2.24, 2.45) is 0 Å². The number of carbonyl (C=O) groups excluding carboxylic acids is 1. The number of nitrogens with two attached hydrogens (primary N) is 1. The zero-order chi connectivity index (χ0) is 15.5. The summed E-state index contributed by atoms with van der Waals surface area (Å²) in [5.41, 5.74) is 6.71. The molecule has 22 heavy (non-hydrogen) atoms. The molecule has 2 aromatic rings. The van der Waals surface area contributed by atoms with Gasteiger partial charge in [0.2, 0.25) is 6.79 Å². The van der Waals surface area contributed by atoms with Crippen LogP contribution in [0.25, 0.3) is 0 Å².